The van der Waals surface area contributed by atoms with E-state index in [4.69, 9.17) is 6.42 Å². The topological polar surface area (TPSA) is 15.3 Å². The van der Waals surface area contributed by atoms with Gasteiger partial charge in [0.1, 0.15) is 0 Å². The third-order valence-electron chi connectivity index (χ3n) is 2.98. The second kappa shape index (κ2) is 6.87. The molecule has 1 aliphatic heterocycles. The fourth-order valence-electron chi connectivity index (χ4n) is 2.16. The van der Waals surface area contributed by atoms with Gasteiger partial charge in [0.15, 0.2) is 0 Å². The fraction of sp³-hybridized carbons (Fsp3) is 0.846. The Morgan fingerprint density at radius 2 is 2.27 bits per heavy atom. The molecular weight excluding hydrogens is 184 g/mol. The summed E-state index contributed by atoms with van der Waals surface area (Å²) in [4.78, 5) is 2.44. The average molecular weight is 208 g/mol. The van der Waals surface area contributed by atoms with Gasteiger partial charge in [0.25, 0.3) is 0 Å². The first-order valence-electron chi connectivity index (χ1n) is 6.12. The first-order valence-corrected chi connectivity index (χ1v) is 6.12. The minimum atomic E-state index is 0.661. The van der Waals surface area contributed by atoms with Gasteiger partial charge in [-0.25, -0.2) is 0 Å². The molecule has 0 aromatic carbocycles. The van der Waals surface area contributed by atoms with Crippen molar-refractivity contribution < 1.29 is 0 Å². The van der Waals surface area contributed by atoms with Crippen LogP contribution in [0.2, 0.25) is 0 Å². The van der Waals surface area contributed by atoms with E-state index in [0.717, 1.165) is 25.6 Å². The number of piperidine rings is 1. The normalized spacial score (nSPS) is 22.9. The molecule has 2 nitrogen and oxygen atoms in total. The number of hydrogen-bond acceptors (Lipinski definition) is 2. The minimum absolute atomic E-state index is 0.661. The number of likely N-dealkylation sites (tertiary alicyclic amines) is 1. The van der Waals surface area contributed by atoms with Crippen LogP contribution in [0.15, 0.2) is 0 Å². The van der Waals surface area contributed by atoms with Gasteiger partial charge in [0, 0.05) is 12.6 Å². The molecule has 0 spiro atoms. The maximum absolute atomic E-state index is 5.39. The van der Waals surface area contributed by atoms with E-state index in [1.165, 1.54) is 25.8 Å². The molecule has 0 aromatic heterocycles. The molecule has 1 rings (SSSR count). The summed E-state index contributed by atoms with van der Waals surface area (Å²) in [5.41, 5.74) is 0. The summed E-state index contributed by atoms with van der Waals surface area (Å²) in [6.07, 6.45) is 9.35. The number of terminal acetylenes is 1. The second-order valence-corrected chi connectivity index (χ2v) is 4.88. The third kappa shape index (κ3) is 4.68. The van der Waals surface area contributed by atoms with Crippen LogP contribution in [0.5, 0.6) is 0 Å². The highest BCUT2D eigenvalue weighted by molar-refractivity contribution is 4.92. The Hall–Kier alpha value is -0.520. The summed E-state index contributed by atoms with van der Waals surface area (Å²) in [6.45, 7) is 8.69. The lowest BCUT2D eigenvalue weighted by atomic mass is 10.0. The molecule has 0 aliphatic carbocycles. The number of nitrogens with one attached hydrogen (secondary N) is 1. The molecule has 1 fully saturated rings. The van der Waals surface area contributed by atoms with Crippen LogP contribution in [0.1, 0.15) is 33.1 Å². The zero-order chi connectivity index (χ0) is 11.1. The van der Waals surface area contributed by atoms with Crippen molar-refractivity contribution in [2.75, 3.05) is 26.2 Å². The first kappa shape index (κ1) is 12.5. The lowest BCUT2D eigenvalue weighted by Crippen LogP contribution is -2.46. The van der Waals surface area contributed by atoms with E-state index in [2.05, 4.69) is 30.0 Å². The Morgan fingerprint density at radius 3 is 2.93 bits per heavy atom. The Bertz CT molecular complexity index is 205. The van der Waals surface area contributed by atoms with Crippen LogP contribution in [0.4, 0.5) is 0 Å². The zero-order valence-electron chi connectivity index (χ0n) is 10.1. The quantitative estimate of drug-likeness (QED) is 0.692. The molecule has 1 unspecified atom stereocenters. The highest BCUT2D eigenvalue weighted by atomic mass is 15.2. The van der Waals surface area contributed by atoms with E-state index < -0.39 is 0 Å². The van der Waals surface area contributed by atoms with Crippen LogP contribution >= 0.6 is 0 Å². The number of nitrogens with zero attached hydrogens (tertiary/aromatic N) is 1. The minimum Gasteiger partial charge on any atom is -0.315 e. The predicted molar refractivity (Wildman–Crippen MR) is 65.8 cm³/mol. The zero-order valence-corrected chi connectivity index (χ0v) is 10.1. The van der Waals surface area contributed by atoms with E-state index in [9.17, 15) is 0 Å². The first-order chi connectivity index (χ1) is 7.24. The average Bonchev–Trinajstić information content (AvgIpc) is 2.20. The highest BCUT2D eigenvalue weighted by Gasteiger charge is 2.20. The van der Waals surface area contributed by atoms with Gasteiger partial charge in [-0.3, -0.25) is 4.90 Å². The standard InChI is InChI=1S/C13H24N2/c1-4-8-15-9-6-5-7-13(15)11-14-10-12(2)3/h1,12-14H,5-11H2,2-3H3. The van der Waals surface area contributed by atoms with E-state index in [1.807, 2.05) is 0 Å². The molecule has 1 atom stereocenters. The van der Waals surface area contributed by atoms with Crippen LogP contribution in [-0.4, -0.2) is 37.1 Å². The summed E-state index contributed by atoms with van der Waals surface area (Å²) >= 11 is 0. The molecule has 0 bridgehead atoms. The molecule has 1 aliphatic rings. The van der Waals surface area contributed by atoms with Crippen LogP contribution in [0.25, 0.3) is 0 Å². The van der Waals surface area contributed by atoms with Gasteiger partial charge in [0.05, 0.1) is 6.54 Å². The van der Waals surface area contributed by atoms with Gasteiger partial charge in [-0.05, 0) is 31.8 Å². The lowest BCUT2D eigenvalue weighted by molar-refractivity contribution is 0.164. The maximum Gasteiger partial charge on any atom is 0.0601 e. The van der Waals surface area contributed by atoms with Gasteiger partial charge in [-0.1, -0.05) is 26.2 Å². The largest absolute Gasteiger partial charge is 0.315 e. The van der Waals surface area contributed by atoms with Crippen molar-refractivity contribution in [1.82, 2.24) is 10.2 Å². The highest BCUT2D eigenvalue weighted by Crippen LogP contribution is 2.15. The monoisotopic (exact) mass is 208 g/mol. The van der Waals surface area contributed by atoms with Crippen LogP contribution in [0.3, 0.4) is 0 Å². The van der Waals surface area contributed by atoms with Gasteiger partial charge in [-0.15, -0.1) is 6.42 Å². The molecule has 2 heteroatoms. The van der Waals surface area contributed by atoms with Crippen molar-refractivity contribution in [2.24, 2.45) is 5.92 Å². The molecular formula is C13H24N2. The van der Waals surface area contributed by atoms with Crippen molar-refractivity contribution in [1.29, 1.82) is 0 Å². The summed E-state index contributed by atoms with van der Waals surface area (Å²) in [6, 6.07) is 0.661. The van der Waals surface area contributed by atoms with Crippen LogP contribution in [-0.2, 0) is 0 Å². The Kier molecular flexibility index (Phi) is 5.75. The van der Waals surface area contributed by atoms with Crippen molar-refractivity contribution in [3.63, 3.8) is 0 Å². The van der Waals surface area contributed by atoms with Crippen molar-refractivity contribution in [2.45, 2.75) is 39.2 Å². The Morgan fingerprint density at radius 1 is 1.47 bits per heavy atom. The fourth-order valence-corrected chi connectivity index (χ4v) is 2.16. The van der Waals surface area contributed by atoms with Crippen molar-refractivity contribution in [3.8, 4) is 12.3 Å². The van der Waals surface area contributed by atoms with Crippen LogP contribution < -0.4 is 5.32 Å². The van der Waals surface area contributed by atoms with E-state index in [1.54, 1.807) is 0 Å². The smallest absolute Gasteiger partial charge is 0.0601 e. The van der Waals surface area contributed by atoms with Gasteiger partial charge in [0.2, 0.25) is 0 Å². The molecule has 0 radical (unpaired) electrons. The molecule has 15 heavy (non-hydrogen) atoms. The van der Waals surface area contributed by atoms with E-state index in [0.29, 0.717) is 6.04 Å². The van der Waals surface area contributed by atoms with Gasteiger partial charge in [-0.2, -0.15) is 0 Å². The van der Waals surface area contributed by atoms with E-state index in [-0.39, 0.29) is 0 Å². The lowest BCUT2D eigenvalue weighted by Gasteiger charge is -2.34. The summed E-state index contributed by atoms with van der Waals surface area (Å²) in [5.74, 6) is 3.50. The van der Waals surface area contributed by atoms with Crippen molar-refractivity contribution in [3.05, 3.63) is 0 Å². The molecule has 86 valence electrons. The maximum atomic E-state index is 5.39. The van der Waals surface area contributed by atoms with Gasteiger partial charge < -0.3 is 5.32 Å². The molecule has 0 saturated carbocycles. The summed E-state index contributed by atoms with van der Waals surface area (Å²) < 4.78 is 0. The molecule has 1 saturated heterocycles. The molecule has 1 N–H and O–H groups in total. The molecule has 0 aromatic rings. The SMILES string of the molecule is C#CCN1CCCCC1CNCC(C)C. The Labute approximate surface area is 94.4 Å². The van der Waals surface area contributed by atoms with E-state index >= 15 is 0 Å². The third-order valence-corrected chi connectivity index (χ3v) is 2.98. The Balaban J connectivity index is 2.26. The number of hydrogen-bond donors (Lipinski definition) is 1. The van der Waals surface area contributed by atoms with Gasteiger partial charge >= 0.3 is 0 Å². The summed E-state index contributed by atoms with van der Waals surface area (Å²) in [7, 11) is 0. The predicted octanol–water partition coefficient (Wildman–Crippen LogP) is 1.72. The van der Waals surface area contributed by atoms with Crippen LogP contribution in [0, 0.1) is 18.3 Å². The molecule has 0 amide bonds. The second-order valence-electron chi connectivity index (χ2n) is 4.88. The summed E-state index contributed by atoms with van der Waals surface area (Å²) in [5, 5.41) is 3.53. The van der Waals surface area contributed by atoms with Crippen molar-refractivity contribution >= 4 is 0 Å². The number of rotatable bonds is 5. The molecule has 1 heterocycles.